The van der Waals surface area contributed by atoms with Gasteiger partial charge in [-0.05, 0) is 0 Å². The third kappa shape index (κ3) is 0.906. The van der Waals surface area contributed by atoms with E-state index in [0.29, 0.717) is 16.6 Å². The Bertz CT molecular complexity index is 385. The molecule has 2 nitrogen and oxygen atoms in total. The minimum absolute atomic E-state index is 0.334. The first-order valence-electron chi connectivity index (χ1n) is 3.58. The maximum absolute atomic E-state index is 13.0. The van der Waals surface area contributed by atoms with E-state index in [1.165, 1.54) is 0 Å². The average molecular weight is 162 g/mol. The molecular formula is C9H7FN2. The van der Waals surface area contributed by atoms with Crippen molar-refractivity contribution >= 4 is 16.6 Å². The van der Waals surface area contributed by atoms with Crippen LogP contribution in [0.4, 0.5) is 10.2 Å². The number of halogens is 1. The van der Waals surface area contributed by atoms with Gasteiger partial charge in [-0.25, -0.2) is 9.37 Å². The zero-order valence-electron chi connectivity index (χ0n) is 6.29. The van der Waals surface area contributed by atoms with Crippen molar-refractivity contribution in [3.8, 4) is 0 Å². The van der Waals surface area contributed by atoms with E-state index in [-0.39, 0.29) is 5.82 Å². The van der Waals surface area contributed by atoms with Crippen LogP contribution < -0.4 is 5.73 Å². The molecule has 0 saturated heterocycles. The summed E-state index contributed by atoms with van der Waals surface area (Å²) in [6.07, 6.45) is 1.14. The number of hydrogen-bond acceptors (Lipinski definition) is 2. The van der Waals surface area contributed by atoms with Crippen LogP contribution in [0.15, 0.2) is 30.5 Å². The summed E-state index contributed by atoms with van der Waals surface area (Å²) in [5.41, 5.74) is 5.55. The highest BCUT2D eigenvalue weighted by Crippen LogP contribution is 2.20. The van der Waals surface area contributed by atoms with Gasteiger partial charge in [-0.15, -0.1) is 0 Å². The van der Waals surface area contributed by atoms with Gasteiger partial charge >= 0.3 is 0 Å². The molecule has 1 aromatic carbocycles. The predicted molar refractivity (Wildman–Crippen MR) is 46.1 cm³/mol. The molecule has 1 heterocycles. The molecule has 2 rings (SSSR count). The number of pyridine rings is 1. The van der Waals surface area contributed by atoms with Crippen LogP contribution in [0.3, 0.4) is 0 Å². The van der Waals surface area contributed by atoms with Crippen LogP contribution in [0.2, 0.25) is 0 Å². The third-order valence-corrected chi connectivity index (χ3v) is 1.78. The lowest BCUT2D eigenvalue weighted by atomic mass is 10.1. The lowest BCUT2D eigenvalue weighted by Gasteiger charge is -2.00. The normalized spacial score (nSPS) is 10.4. The Labute approximate surface area is 68.8 Å². The molecule has 0 unspecified atom stereocenters. The van der Waals surface area contributed by atoms with Gasteiger partial charge in [-0.3, -0.25) is 0 Å². The molecule has 0 radical (unpaired) electrons. The quantitative estimate of drug-likeness (QED) is 0.643. The van der Waals surface area contributed by atoms with Gasteiger partial charge in [-0.1, -0.05) is 24.3 Å². The van der Waals surface area contributed by atoms with E-state index >= 15 is 0 Å². The van der Waals surface area contributed by atoms with Crippen molar-refractivity contribution in [3.63, 3.8) is 0 Å². The number of nitrogens with two attached hydrogens (primary N) is 1. The minimum Gasteiger partial charge on any atom is -0.383 e. The molecule has 1 aromatic heterocycles. The van der Waals surface area contributed by atoms with Crippen molar-refractivity contribution in [2.45, 2.75) is 0 Å². The maximum Gasteiger partial charge on any atom is 0.149 e. The molecule has 2 aromatic rings. The molecule has 0 spiro atoms. The molecule has 0 bridgehead atoms. The first kappa shape index (κ1) is 7.03. The summed E-state index contributed by atoms with van der Waals surface area (Å²) in [5, 5.41) is 1.18. The van der Waals surface area contributed by atoms with Crippen molar-refractivity contribution in [2.75, 3.05) is 5.73 Å². The summed E-state index contributed by atoms with van der Waals surface area (Å²) in [6.45, 7) is 0. The first-order valence-corrected chi connectivity index (χ1v) is 3.58. The highest BCUT2D eigenvalue weighted by molar-refractivity contribution is 5.90. The topological polar surface area (TPSA) is 38.9 Å². The molecule has 0 saturated carbocycles. The summed E-state index contributed by atoms with van der Waals surface area (Å²) in [5.74, 6) is 0.0341. The molecular weight excluding hydrogens is 155 g/mol. The Balaban J connectivity index is 2.95. The molecule has 12 heavy (non-hydrogen) atoms. The van der Waals surface area contributed by atoms with E-state index < -0.39 is 0 Å². The number of nitrogens with zero attached hydrogens (tertiary/aromatic N) is 1. The lowest BCUT2D eigenvalue weighted by Crippen LogP contribution is -1.92. The Hall–Kier alpha value is -1.64. The van der Waals surface area contributed by atoms with Crippen LogP contribution in [0.5, 0.6) is 0 Å². The van der Waals surface area contributed by atoms with Gasteiger partial charge in [0.2, 0.25) is 0 Å². The SMILES string of the molecule is Nc1ncc(F)c2ccccc12. The number of rotatable bonds is 0. The van der Waals surface area contributed by atoms with Crippen LogP contribution in [0.25, 0.3) is 10.8 Å². The zero-order valence-corrected chi connectivity index (χ0v) is 6.29. The molecule has 0 aliphatic carbocycles. The number of nitrogen functional groups attached to an aromatic ring is 1. The summed E-state index contributed by atoms with van der Waals surface area (Å²) in [7, 11) is 0. The van der Waals surface area contributed by atoms with E-state index in [0.717, 1.165) is 6.20 Å². The number of aromatic nitrogens is 1. The molecule has 0 aliphatic heterocycles. The first-order chi connectivity index (χ1) is 5.79. The Morgan fingerprint density at radius 3 is 2.50 bits per heavy atom. The smallest absolute Gasteiger partial charge is 0.149 e. The fourth-order valence-corrected chi connectivity index (χ4v) is 1.18. The summed E-state index contributed by atoms with van der Waals surface area (Å²) >= 11 is 0. The number of anilines is 1. The van der Waals surface area contributed by atoms with Crippen molar-refractivity contribution in [1.82, 2.24) is 4.98 Å². The monoisotopic (exact) mass is 162 g/mol. The molecule has 0 atom stereocenters. The second-order valence-corrected chi connectivity index (χ2v) is 2.54. The fourth-order valence-electron chi connectivity index (χ4n) is 1.18. The van der Waals surface area contributed by atoms with Crippen LogP contribution in [0.1, 0.15) is 0 Å². The molecule has 0 fully saturated rings. The zero-order chi connectivity index (χ0) is 8.55. The summed E-state index contributed by atoms with van der Waals surface area (Å²) in [6, 6.07) is 7.01. The van der Waals surface area contributed by atoms with Crippen molar-refractivity contribution in [1.29, 1.82) is 0 Å². The van der Waals surface area contributed by atoms with Gasteiger partial charge < -0.3 is 5.73 Å². The maximum atomic E-state index is 13.0. The molecule has 60 valence electrons. The van der Waals surface area contributed by atoms with Gasteiger partial charge in [0.25, 0.3) is 0 Å². The van der Waals surface area contributed by atoms with Gasteiger partial charge in [0.15, 0.2) is 0 Å². The molecule has 3 heteroatoms. The average Bonchev–Trinajstić information content (AvgIpc) is 2.12. The molecule has 0 aliphatic rings. The Morgan fingerprint density at radius 2 is 1.83 bits per heavy atom. The van der Waals surface area contributed by atoms with Gasteiger partial charge in [0, 0.05) is 10.8 Å². The summed E-state index contributed by atoms with van der Waals surface area (Å²) in [4.78, 5) is 3.71. The predicted octanol–water partition coefficient (Wildman–Crippen LogP) is 1.96. The van der Waals surface area contributed by atoms with E-state index in [1.807, 2.05) is 0 Å². The minimum atomic E-state index is -0.334. The van der Waals surface area contributed by atoms with Crippen LogP contribution in [0, 0.1) is 5.82 Å². The van der Waals surface area contributed by atoms with Crippen LogP contribution in [-0.4, -0.2) is 4.98 Å². The van der Waals surface area contributed by atoms with E-state index in [1.54, 1.807) is 24.3 Å². The number of fused-ring (bicyclic) bond motifs is 1. The van der Waals surface area contributed by atoms with E-state index in [2.05, 4.69) is 4.98 Å². The largest absolute Gasteiger partial charge is 0.383 e. The van der Waals surface area contributed by atoms with E-state index in [9.17, 15) is 4.39 Å². The molecule has 0 amide bonds. The fraction of sp³-hybridized carbons (Fsp3) is 0. The van der Waals surface area contributed by atoms with Crippen LogP contribution in [-0.2, 0) is 0 Å². The van der Waals surface area contributed by atoms with Crippen molar-refractivity contribution < 1.29 is 4.39 Å². The highest BCUT2D eigenvalue weighted by Gasteiger charge is 2.02. The van der Waals surface area contributed by atoms with Gasteiger partial charge in [-0.2, -0.15) is 0 Å². The second-order valence-electron chi connectivity index (χ2n) is 2.54. The van der Waals surface area contributed by atoms with Gasteiger partial charge in [0.05, 0.1) is 6.20 Å². The summed E-state index contributed by atoms with van der Waals surface area (Å²) < 4.78 is 13.0. The lowest BCUT2D eigenvalue weighted by molar-refractivity contribution is 0.634. The van der Waals surface area contributed by atoms with Crippen molar-refractivity contribution in [3.05, 3.63) is 36.3 Å². The third-order valence-electron chi connectivity index (χ3n) is 1.78. The standard InChI is InChI=1S/C9H7FN2/c10-8-5-12-9(11)7-4-2-1-3-6(7)8/h1-5H,(H2,11,12). The van der Waals surface area contributed by atoms with Crippen molar-refractivity contribution in [2.24, 2.45) is 0 Å². The highest BCUT2D eigenvalue weighted by atomic mass is 19.1. The van der Waals surface area contributed by atoms with Gasteiger partial charge in [0.1, 0.15) is 11.6 Å². The Kier molecular flexibility index (Phi) is 1.43. The van der Waals surface area contributed by atoms with Crippen LogP contribution >= 0.6 is 0 Å². The second kappa shape index (κ2) is 2.44. The van der Waals surface area contributed by atoms with E-state index in [4.69, 9.17) is 5.73 Å². The number of benzene rings is 1. The molecule has 2 N–H and O–H groups in total. The Morgan fingerprint density at radius 1 is 1.17 bits per heavy atom. The number of hydrogen-bond donors (Lipinski definition) is 1.